The standard InChI is InChI=1S/C24H50O3S/c1-13-27-28(25,26)21(19(3)14-18(2)15-22(5,6)7)20(4)16-24(11,12)17-23(8,9)10/h18-21H,13-17H2,1-12H3. The van der Waals surface area contributed by atoms with E-state index in [-0.39, 0.29) is 34.7 Å². The molecule has 0 aliphatic carbocycles. The molecule has 0 bridgehead atoms. The quantitative estimate of drug-likeness (QED) is 0.330. The maximum Gasteiger partial charge on any atom is 0.270 e. The predicted molar refractivity (Wildman–Crippen MR) is 123 cm³/mol. The van der Waals surface area contributed by atoms with Crippen LogP contribution in [-0.2, 0) is 14.3 Å². The Morgan fingerprint density at radius 2 is 1.29 bits per heavy atom. The molecule has 0 spiro atoms. The van der Waals surface area contributed by atoms with E-state index in [1.807, 2.05) is 0 Å². The smallest absolute Gasteiger partial charge is 0.270 e. The first-order chi connectivity index (χ1) is 12.3. The lowest BCUT2D eigenvalue weighted by Crippen LogP contribution is -2.39. The molecule has 4 unspecified atom stereocenters. The third-order valence-electron chi connectivity index (χ3n) is 5.36. The first-order valence-corrected chi connectivity index (χ1v) is 12.6. The summed E-state index contributed by atoms with van der Waals surface area (Å²) in [5.41, 5.74) is 0.576. The molecule has 4 atom stereocenters. The van der Waals surface area contributed by atoms with E-state index in [9.17, 15) is 8.42 Å². The van der Waals surface area contributed by atoms with Gasteiger partial charge >= 0.3 is 0 Å². The van der Waals surface area contributed by atoms with Crippen molar-refractivity contribution >= 4 is 10.1 Å². The monoisotopic (exact) mass is 418 g/mol. The average Bonchev–Trinajstić information content (AvgIpc) is 2.30. The molecule has 4 heteroatoms. The first-order valence-electron chi connectivity index (χ1n) is 11.2. The van der Waals surface area contributed by atoms with Gasteiger partial charge in [0.15, 0.2) is 0 Å². The minimum Gasteiger partial charge on any atom is -0.270 e. The Hall–Kier alpha value is -0.0900. The third-order valence-corrected chi connectivity index (χ3v) is 7.52. The van der Waals surface area contributed by atoms with Gasteiger partial charge in [0.2, 0.25) is 0 Å². The summed E-state index contributed by atoms with van der Waals surface area (Å²) in [6.07, 6.45) is 3.97. The fourth-order valence-corrected chi connectivity index (χ4v) is 7.60. The predicted octanol–water partition coefficient (Wildman–Crippen LogP) is 7.31. The second-order valence-corrected chi connectivity index (χ2v) is 14.3. The minimum absolute atomic E-state index is 0.0609. The van der Waals surface area contributed by atoms with Crippen LogP contribution in [0.1, 0.15) is 109 Å². The summed E-state index contributed by atoms with van der Waals surface area (Å²) in [6.45, 7) is 26.5. The second kappa shape index (κ2) is 10.3. The Labute approximate surface area is 177 Å². The summed E-state index contributed by atoms with van der Waals surface area (Å²) in [6, 6.07) is 0. The van der Waals surface area contributed by atoms with Crippen molar-refractivity contribution in [3.05, 3.63) is 0 Å². The largest absolute Gasteiger partial charge is 0.270 e. The molecule has 0 aliphatic heterocycles. The molecule has 0 aliphatic rings. The zero-order valence-electron chi connectivity index (χ0n) is 21.0. The Balaban J connectivity index is 5.53. The number of hydrogen-bond acceptors (Lipinski definition) is 3. The molecule has 28 heavy (non-hydrogen) atoms. The number of hydrogen-bond donors (Lipinski definition) is 0. The van der Waals surface area contributed by atoms with Gasteiger partial charge in [-0.25, -0.2) is 0 Å². The SMILES string of the molecule is CCOS(=O)(=O)C(C(C)CC(C)CC(C)(C)C)C(C)CC(C)(C)CC(C)(C)C. The Bertz CT molecular complexity index is 549. The molecule has 0 amide bonds. The van der Waals surface area contributed by atoms with Crippen LogP contribution in [0.2, 0.25) is 0 Å². The van der Waals surface area contributed by atoms with E-state index >= 15 is 0 Å². The molecule has 0 saturated carbocycles. The maximum absolute atomic E-state index is 13.0. The van der Waals surface area contributed by atoms with Crippen LogP contribution in [-0.4, -0.2) is 20.3 Å². The van der Waals surface area contributed by atoms with Crippen molar-refractivity contribution in [2.75, 3.05) is 6.61 Å². The highest BCUT2D eigenvalue weighted by Gasteiger charge is 2.40. The fraction of sp³-hybridized carbons (Fsp3) is 1.00. The van der Waals surface area contributed by atoms with E-state index in [4.69, 9.17) is 4.18 Å². The molecular formula is C24H50O3S. The van der Waals surface area contributed by atoms with E-state index < -0.39 is 15.4 Å². The Kier molecular flexibility index (Phi) is 10.3. The molecule has 170 valence electrons. The van der Waals surface area contributed by atoms with Gasteiger partial charge in [-0.15, -0.1) is 0 Å². The van der Waals surface area contributed by atoms with Crippen molar-refractivity contribution in [3.63, 3.8) is 0 Å². The molecule has 0 aromatic carbocycles. The van der Waals surface area contributed by atoms with Crippen LogP contribution in [0.25, 0.3) is 0 Å². The third kappa shape index (κ3) is 11.2. The lowest BCUT2D eigenvalue weighted by Gasteiger charge is -2.38. The van der Waals surface area contributed by atoms with Crippen molar-refractivity contribution < 1.29 is 12.6 Å². The Morgan fingerprint density at radius 3 is 1.68 bits per heavy atom. The zero-order chi connectivity index (χ0) is 22.6. The lowest BCUT2D eigenvalue weighted by atomic mass is 9.70. The van der Waals surface area contributed by atoms with Gasteiger partial charge in [0.05, 0.1) is 11.9 Å². The van der Waals surface area contributed by atoms with Crippen molar-refractivity contribution in [2.24, 2.45) is 34.0 Å². The molecule has 3 nitrogen and oxygen atoms in total. The second-order valence-electron chi connectivity index (χ2n) is 12.5. The van der Waals surface area contributed by atoms with Crippen LogP contribution >= 0.6 is 0 Å². The highest BCUT2D eigenvalue weighted by molar-refractivity contribution is 7.87. The molecule has 0 N–H and O–H groups in total. The summed E-state index contributed by atoms with van der Waals surface area (Å²) >= 11 is 0. The normalized spacial score (nSPS) is 18.6. The van der Waals surface area contributed by atoms with Crippen molar-refractivity contribution in [2.45, 2.75) is 114 Å². The van der Waals surface area contributed by atoms with Crippen LogP contribution in [0, 0.1) is 34.0 Å². The summed E-state index contributed by atoms with van der Waals surface area (Å²) < 4.78 is 31.4. The van der Waals surface area contributed by atoms with Crippen LogP contribution < -0.4 is 0 Å². The molecule has 0 aromatic heterocycles. The van der Waals surface area contributed by atoms with Gasteiger partial charge in [-0.2, -0.15) is 8.42 Å². The van der Waals surface area contributed by atoms with Crippen molar-refractivity contribution in [3.8, 4) is 0 Å². The van der Waals surface area contributed by atoms with E-state index in [0.29, 0.717) is 5.92 Å². The lowest BCUT2D eigenvalue weighted by molar-refractivity contribution is 0.159. The molecule has 0 rings (SSSR count). The molecular weight excluding hydrogens is 368 g/mol. The van der Waals surface area contributed by atoms with E-state index in [2.05, 4.69) is 76.2 Å². The van der Waals surface area contributed by atoms with Crippen LogP contribution in [0.3, 0.4) is 0 Å². The minimum atomic E-state index is -3.58. The molecule has 0 aromatic rings. The molecule has 0 saturated heterocycles. The van der Waals surface area contributed by atoms with Gasteiger partial charge in [-0.05, 0) is 66.6 Å². The van der Waals surface area contributed by atoms with Crippen molar-refractivity contribution in [1.29, 1.82) is 0 Å². The number of rotatable bonds is 11. The molecule has 0 heterocycles. The topological polar surface area (TPSA) is 43.4 Å². The summed E-state index contributed by atoms with van der Waals surface area (Å²) in [5, 5.41) is -0.450. The van der Waals surface area contributed by atoms with Crippen LogP contribution in [0.15, 0.2) is 0 Å². The van der Waals surface area contributed by atoms with Crippen LogP contribution in [0.5, 0.6) is 0 Å². The summed E-state index contributed by atoms with van der Waals surface area (Å²) in [7, 11) is -3.58. The fourth-order valence-electron chi connectivity index (χ4n) is 5.77. The van der Waals surface area contributed by atoms with Gasteiger partial charge in [-0.3, -0.25) is 4.18 Å². The van der Waals surface area contributed by atoms with E-state index in [1.165, 1.54) is 0 Å². The molecule has 0 radical (unpaired) electrons. The molecule has 0 fully saturated rings. The van der Waals surface area contributed by atoms with Gasteiger partial charge in [-0.1, -0.05) is 76.2 Å². The average molecular weight is 419 g/mol. The van der Waals surface area contributed by atoms with Crippen molar-refractivity contribution in [1.82, 2.24) is 0 Å². The van der Waals surface area contributed by atoms with Gasteiger partial charge in [0.25, 0.3) is 10.1 Å². The summed E-state index contributed by atoms with van der Waals surface area (Å²) in [4.78, 5) is 0. The van der Waals surface area contributed by atoms with Gasteiger partial charge in [0, 0.05) is 0 Å². The van der Waals surface area contributed by atoms with Gasteiger partial charge in [0.1, 0.15) is 0 Å². The van der Waals surface area contributed by atoms with Gasteiger partial charge < -0.3 is 0 Å². The van der Waals surface area contributed by atoms with E-state index in [1.54, 1.807) is 6.92 Å². The Morgan fingerprint density at radius 1 is 0.786 bits per heavy atom. The first kappa shape index (κ1) is 27.9. The highest BCUT2D eigenvalue weighted by atomic mass is 32.2. The van der Waals surface area contributed by atoms with Crippen LogP contribution in [0.4, 0.5) is 0 Å². The summed E-state index contributed by atoms with van der Waals surface area (Å²) in [5.74, 6) is 0.629. The highest BCUT2D eigenvalue weighted by Crippen LogP contribution is 2.41. The zero-order valence-corrected chi connectivity index (χ0v) is 21.8. The maximum atomic E-state index is 13.0. The van der Waals surface area contributed by atoms with E-state index in [0.717, 1.165) is 25.7 Å².